The van der Waals surface area contributed by atoms with Crippen LogP contribution in [0.25, 0.3) is 0 Å². The van der Waals surface area contributed by atoms with Crippen LogP contribution in [0.1, 0.15) is 53.0 Å². The highest BCUT2D eigenvalue weighted by molar-refractivity contribution is 7.12. The van der Waals surface area contributed by atoms with Gasteiger partial charge in [0.1, 0.15) is 5.54 Å². The molecular weight excluding hydrogens is 358 g/mol. The SMILES string of the molecule is CC(=O)c1cc([C@@H]2C[C@H]3CN(Cc4cccnc4)C(=O)[C@]34CCCN24)cs1. The summed E-state index contributed by atoms with van der Waals surface area (Å²) in [6, 6.07) is 6.28. The molecule has 2 aromatic rings. The minimum atomic E-state index is -0.328. The molecule has 0 radical (unpaired) electrons. The van der Waals surface area contributed by atoms with Gasteiger partial charge in [-0.1, -0.05) is 6.07 Å². The molecule has 0 unspecified atom stereocenters. The van der Waals surface area contributed by atoms with Gasteiger partial charge in [-0.15, -0.1) is 11.3 Å². The first-order valence-corrected chi connectivity index (χ1v) is 10.5. The summed E-state index contributed by atoms with van der Waals surface area (Å²) in [6.07, 6.45) is 6.65. The maximum Gasteiger partial charge on any atom is 0.243 e. The maximum absolute atomic E-state index is 13.5. The Balaban J connectivity index is 1.42. The third-order valence-corrected chi connectivity index (χ3v) is 7.62. The van der Waals surface area contributed by atoms with Gasteiger partial charge in [0.15, 0.2) is 5.78 Å². The van der Waals surface area contributed by atoms with Crippen LogP contribution in [0, 0.1) is 5.92 Å². The van der Waals surface area contributed by atoms with Gasteiger partial charge in [0.2, 0.25) is 5.91 Å². The Morgan fingerprint density at radius 3 is 3.07 bits per heavy atom. The fraction of sp³-hybridized carbons (Fsp3) is 0.476. The van der Waals surface area contributed by atoms with Gasteiger partial charge >= 0.3 is 0 Å². The van der Waals surface area contributed by atoms with Crippen molar-refractivity contribution in [1.29, 1.82) is 0 Å². The van der Waals surface area contributed by atoms with Crippen molar-refractivity contribution in [2.24, 2.45) is 5.92 Å². The third kappa shape index (κ3) is 2.50. The van der Waals surface area contributed by atoms with Crippen molar-refractivity contribution in [1.82, 2.24) is 14.8 Å². The second-order valence-electron chi connectivity index (χ2n) is 8.02. The van der Waals surface area contributed by atoms with E-state index in [0.29, 0.717) is 18.4 Å². The highest BCUT2D eigenvalue weighted by atomic mass is 32.1. The standard InChI is InChI=1S/C21H23N3O2S/c1-14(25)19-8-16(13-27-19)18-9-17-12-23(11-15-4-2-6-22-10-15)20(26)21(17)5-3-7-24(18)21/h2,4,6,8,10,13,17-18H,3,5,7,9,11-12H2,1H3/t17-,18-,21-/m0/s1. The van der Waals surface area contributed by atoms with E-state index in [1.54, 1.807) is 13.1 Å². The lowest BCUT2D eigenvalue weighted by Crippen LogP contribution is -2.49. The van der Waals surface area contributed by atoms with Crippen LogP contribution in [0.15, 0.2) is 36.0 Å². The van der Waals surface area contributed by atoms with Crippen LogP contribution in [0.4, 0.5) is 0 Å². The molecule has 0 bridgehead atoms. The number of aromatic nitrogens is 1. The molecule has 1 amide bonds. The molecular formula is C21H23N3O2S. The Bertz CT molecular complexity index is 896. The van der Waals surface area contributed by atoms with E-state index in [1.165, 1.54) is 16.9 Å². The van der Waals surface area contributed by atoms with Crippen LogP contribution in [0.5, 0.6) is 0 Å². The number of hydrogen-bond donors (Lipinski definition) is 0. The summed E-state index contributed by atoms with van der Waals surface area (Å²) < 4.78 is 0. The number of ketones is 1. The number of amides is 1. The van der Waals surface area contributed by atoms with Gasteiger partial charge in [-0.2, -0.15) is 0 Å². The fourth-order valence-electron chi connectivity index (χ4n) is 5.45. The quantitative estimate of drug-likeness (QED) is 0.763. The summed E-state index contributed by atoms with van der Waals surface area (Å²) in [5.41, 5.74) is 1.98. The van der Waals surface area contributed by atoms with E-state index < -0.39 is 0 Å². The molecule has 1 spiro atoms. The zero-order valence-corrected chi connectivity index (χ0v) is 16.2. The molecule has 0 saturated carbocycles. The smallest absolute Gasteiger partial charge is 0.243 e. The van der Waals surface area contributed by atoms with E-state index in [9.17, 15) is 9.59 Å². The van der Waals surface area contributed by atoms with Crippen molar-refractivity contribution in [2.45, 2.75) is 44.3 Å². The number of carbonyl (C=O) groups is 2. The van der Waals surface area contributed by atoms with E-state index in [1.807, 2.05) is 29.3 Å². The lowest BCUT2D eigenvalue weighted by molar-refractivity contribution is -0.137. The van der Waals surface area contributed by atoms with Crippen molar-refractivity contribution < 1.29 is 9.59 Å². The Labute approximate surface area is 163 Å². The number of carbonyl (C=O) groups excluding carboxylic acids is 2. The van der Waals surface area contributed by atoms with Gasteiger partial charge in [0.25, 0.3) is 0 Å². The summed E-state index contributed by atoms with van der Waals surface area (Å²) in [4.78, 5) is 34.7. The molecule has 0 aromatic carbocycles. The molecule has 3 aliphatic rings. The number of rotatable bonds is 4. The van der Waals surface area contributed by atoms with Crippen LogP contribution in [0.3, 0.4) is 0 Å². The van der Waals surface area contributed by atoms with E-state index in [4.69, 9.17) is 0 Å². The first-order chi connectivity index (χ1) is 13.1. The summed E-state index contributed by atoms with van der Waals surface area (Å²) in [6.45, 7) is 4.07. The van der Waals surface area contributed by atoms with Crippen molar-refractivity contribution >= 4 is 23.0 Å². The first kappa shape index (κ1) is 17.1. The molecule has 2 aromatic heterocycles. The Hall–Kier alpha value is -2.05. The number of likely N-dealkylation sites (tertiary alicyclic amines) is 1. The van der Waals surface area contributed by atoms with Gasteiger partial charge in [0.05, 0.1) is 4.88 Å². The fourth-order valence-corrected chi connectivity index (χ4v) is 6.31. The van der Waals surface area contributed by atoms with Gasteiger partial charge < -0.3 is 4.90 Å². The maximum atomic E-state index is 13.5. The van der Waals surface area contributed by atoms with Gasteiger partial charge in [-0.05, 0) is 61.4 Å². The molecule has 0 N–H and O–H groups in total. The van der Waals surface area contributed by atoms with Crippen molar-refractivity contribution in [3.63, 3.8) is 0 Å². The van der Waals surface area contributed by atoms with Crippen molar-refractivity contribution in [3.8, 4) is 0 Å². The lowest BCUT2D eigenvalue weighted by Gasteiger charge is -2.33. The first-order valence-electron chi connectivity index (χ1n) is 9.64. The summed E-state index contributed by atoms with van der Waals surface area (Å²) in [5, 5.41) is 2.12. The Kier molecular flexibility index (Phi) is 3.95. The highest BCUT2D eigenvalue weighted by Crippen LogP contribution is 2.56. The van der Waals surface area contributed by atoms with E-state index in [0.717, 1.165) is 42.8 Å². The van der Waals surface area contributed by atoms with Gasteiger partial charge in [-0.25, -0.2) is 0 Å². The minimum absolute atomic E-state index is 0.124. The van der Waals surface area contributed by atoms with Gasteiger partial charge in [0, 0.05) is 37.4 Å². The molecule has 3 fully saturated rings. The number of hydrogen-bond acceptors (Lipinski definition) is 5. The van der Waals surface area contributed by atoms with Crippen LogP contribution >= 0.6 is 11.3 Å². The monoisotopic (exact) mass is 381 g/mol. The molecule has 6 heteroatoms. The largest absolute Gasteiger partial charge is 0.336 e. The Morgan fingerprint density at radius 1 is 1.44 bits per heavy atom. The van der Waals surface area contributed by atoms with Gasteiger partial charge in [-0.3, -0.25) is 19.5 Å². The van der Waals surface area contributed by atoms with Crippen LogP contribution in [-0.4, -0.2) is 45.1 Å². The number of Topliss-reactive ketones (excluding diaryl/α,β-unsaturated/α-hetero) is 1. The summed E-state index contributed by atoms with van der Waals surface area (Å²) >= 11 is 1.53. The molecule has 5 nitrogen and oxygen atoms in total. The summed E-state index contributed by atoms with van der Waals surface area (Å²) in [7, 11) is 0. The number of nitrogens with zero attached hydrogens (tertiary/aromatic N) is 3. The molecule has 5 heterocycles. The van der Waals surface area contributed by atoms with E-state index in [2.05, 4.69) is 15.3 Å². The zero-order valence-electron chi connectivity index (χ0n) is 15.4. The molecule has 5 rings (SSSR count). The van der Waals surface area contributed by atoms with E-state index >= 15 is 0 Å². The van der Waals surface area contributed by atoms with Crippen molar-refractivity contribution in [2.75, 3.05) is 13.1 Å². The predicted octanol–water partition coefficient (Wildman–Crippen LogP) is 3.28. The normalized spacial score (nSPS) is 30.0. The second kappa shape index (κ2) is 6.24. The van der Waals surface area contributed by atoms with E-state index in [-0.39, 0.29) is 17.4 Å². The molecule has 27 heavy (non-hydrogen) atoms. The minimum Gasteiger partial charge on any atom is -0.336 e. The third-order valence-electron chi connectivity index (χ3n) is 6.57. The van der Waals surface area contributed by atoms with Crippen LogP contribution in [-0.2, 0) is 11.3 Å². The average Bonchev–Trinajstić information content (AvgIpc) is 3.40. The molecule has 3 atom stereocenters. The Morgan fingerprint density at radius 2 is 2.33 bits per heavy atom. The summed E-state index contributed by atoms with van der Waals surface area (Å²) in [5.74, 6) is 0.785. The predicted molar refractivity (Wildman–Crippen MR) is 103 cm³/mol. The molecule has 3 saturated heterocycles. The van der Waals surface area contributed by atoms with Crippen molar-refractivity contribution in [3.05, 3.63) is 52.0 Å². The molecule has 3 aliphatic heterocycles. The van der Waals surface area contributed by atoms with Crippen LogP contribution < -0.4 is 0 Å². The number of thiophene rings is 1. The second-order valence-corrected chi connectivity index (χ2v) is 8.93. The number of pyridine rings is 1. The average molecular weight is 382 g/mol. The lowest BCUT2D eigenvalue weighted by atomic mass is 9.85. The zero-order chi connectivity index (χ0) is 18.6. The van der Waals surface area contributed by atoms with Crippen LogP contribution in [0.2, 0.25) is 0 Å². The topological polar surface area (TPSA) is 53.5 Å². The molecule has 0 aliphatic carbocycles. The highest BCUT2D eigenvalue weighted by Gasteiger charge is 2.65. The molecule has 140 valence electrons.